The average Bonchev–Trinajstić information content (AvgIpc) is 3.00. The number of benzene rings is 1. The van der Waals surface area contributed by atoms with E-state index in [1.165, 1.54) is 0 Å². The van der Waals surface area contributed by atoms with Crippen molar-refractivity contribution in [3.05, 3.63) is 35.9 Å². The highest BCUT2D eigenvalue weighted by atomic mass is 16.2. The molecule has 0 bridgehead atoms. The minimum absolute atomic E-state index is 0.191. The Hall–Kier alpha value is -1.72. The zero-order valence-corrected chi connectivity index (χ0v) is 12.0. The molecule has 0 aliphatic carbocycles. The van der Waals surface area contributed by atoms with Crippen molar-refractivity contribution in [1.82, 2.24) is 15.5 Å². The monoisotopic (exact) mass is 287 g/mol. The second-order valence-corrected chi connectivity index (χ2v) is 6.01. The van der Waals surface area contributed by atoms with Crippen LogP contribution in [0, 0.1) is 11.8 Å². The van der Waals surface area contributed by atoms with Gasteiger partial charge in [0.25, 0.3) is 0 Å². The van der Waals surface area contributed by atoms with Crippen LogP contribution in [0.4, 0.5) is 0 Å². The maximum atomic E-state index is 11.9. The molecule has 2 aliphatic rings. The summed E-state index contributed by atoms with van der Waals surface area (Å²) in [6.45, 7) is 4.34. The van der Waals surface area contributed by atoms with E-state index < -0.39 is 0 Å². The van der Waals surface area contributed by atoms with Crippen molar-refractivity contribution in [2.45, 2.75) is 6.42 Å². The van der Waals surface area contributed by atoms with E-state index in [-0.39, 0.29) is 18.2 Å². The molecule has 2 atom stereocenters. The first-order chi connectivity index (χ1) is 10.2. The molecule has 5 heteroatoms. The van der Waals surface area contributed by atoms with E-state index in [0.717, 1.165) is 31.7 Å². The molecule has 0 aromatic heterocycles. The van der Waals surface area contributed by atoms with Crippen LogP contribution >= 0.6 is 0 Å². The van der Waals surface area contributed by atoms with E-state index in [0.29, 0.717) is 18.4 Å². The lowest BCUT2D eigenvalue weighted by Crippen LogP contribution is -2.40. The highest BCUT2D eigenvalue weighted by molar-refractivity contribution is 5.96. The third-order valence-electron chi connectivity index (χ3n) is 4.32. The van der Waals surface area contributed by atoms with Crippen LogP contribution in [0.5, 0.6) is 0 Å². The third kappa shape index (κ3) is 3.68. The maximum absolute atomic E-state index is 11.9. The molecule has 0 spiro atoms. The zero-order chi connectivity index (χ0) is 14.7. The summed E-state index contributed by atoms with van der Waals surface area (Å²) in [5.41, 5.74) is 0.921. The topological polar surface area (TPSA) is 61.4 Å². The van der Waals surface area contributed by atoms with Gasteiger partial charge in [-0.3, -0.25) is 19.8 Å². The first kappa shape index (κ1) is 14.2. The Morgan fingerprint density at radius 3 is 2.43 bits per heavy atom. The van der Waals surface area contributed by atoms with Crippen LogP contribution < -0.4 is 10.6 Å². The molecule has 2 N–H and O–H groups in total. The second-order valence-electron chi connectivity index (χ2n) is 6.01. The predicted molar refractivity (Wildman–Crippen MR) is 79.6 cm³/mol. The van der Waals surface area contributed by atoms with Crippen molar-refractivity contribution >= 4 is 11.8 Å². The number of hydrogen-bond donors (Lipinski definition) is 2. The molecule has 21 heavy (non-hydrogen) atoms. The van der Waals surface area contributed by atoms with Gasteiger partial charge in [0.15, 0.2) is 0 Å². The minimum Gasteiger partial charge on any atom is -0.316 e. The molecule has 1 aromatic carbocycles. The Labute approximate surface area is 124 Å². The van der Waals surface area contributed by atoms with Crippen molar-refractivity contribution < 1.29 is 9.59 Å². The fraction of sp³-hybridized carbons (Fsp3) is 0.500. The summed E-state index contributed by atoms with van der Waals surface area (Å²) in [4.78, 5) is 25.9. The Kier molecular flexibility index (Phi) is 4.31. The number of amides is 2. The molecule has 5 nitrogen and oxygen atoms in total. The van der Waals surface area contributed by atoms with Crippen LogP contribution in [0.2, 0.25) is 0 Å². The first-order valence-electron chi connectivity index (χ1n) is 7.50. The molecule has 2 amide bonds. The summed E-state index contributed by atoms with van der Waals surface area (Å²) >= 11 is 0. The van der Waals surface area contributed by atoms with Gasteiger partial charge in [-0.15, -0.1) is 0 Å². The Morgan fingerprint density at radius 2 is 1.76 bits per heavy atom. The van der Waals surface area contributed by atoms with E-state index in [2.05, 4.69) is 15.5 Å². The number of imide groups is 1. The molecular formula is C16H21N3O2. The quantitative estimate of drug-likeness (QED) is 0.820. The fourth-order valence-electron chi connectivity index (χ4n) is 3.31. The normalized spacial score (nSPS) is 24.8. The van der Waals surface area contributed by atoms with Gasteiger partial charge >= 0.3 is 0 Å². The molecule has 3 rings (SSSR count). The third-order valence-corrected chi connectivity index (χ3v) is 4.32. The molecule has 0 saturated carbocycles. The zero-order valence-electron chi connectivity index (χ0n) is 12.0. The number of fused-ring (bicyclic) bond motifs is 1. The standard InChI is InChI=1S/C16H21N3O2/c20-15(6-12-4-2-1-3-5-12)18-16(21)11-19-9-13-7-17-8-14(13)10-19/h1-5,13-14,17H,6-11H2,(H,18,20,21). The molecule has 2 fully saturated rings. The van der Waals surface area contributed by atoms with Gasteiger partial charge in [-0.2, -0.15) is 0 Å². The fourth-order valence-corrected chi connectivity index (χ4v) is 3.31. The number of carbonyl (C=O) groups excluding carboxylic acids is 2. The van der Waals surface area contributed by atoms with Crippen molar-refractivity contribution in [2.24, 2.45) is 11.8 Å². The SMILES string of the molecule is O=C(Cc1ccccc1)NC(=O)CN1CC2CNCC2C1. The molecule has 112 valence electrons. The molecule has 0 radical (unpaired) electrons. The molecule has 2 heterocycles. The largest absolute Gasteiger partial charge is 0.316 e. The lowest BCUT2D eigenvalue weighted by molar-refractivity contribution is -0.130. The van der Waals surface area contributed by atoms with E-state index in [1.54, 1.807) is 0 Å². The summed E-state index contributed by atoms with van der Waals surface area (Å²) in [6, 6.07) is 9.46. The van der Waals surface area contributed by atoms with Gasteiger partial charge in [-0.1, -0.05) is 30.3 Å². The Bertz CT molecular complexity index is 506. The Morgan fingerprint density at radius 1 is 1.10 bits per heavy atom. The van der Waals surface area contributed by atoms with E-state index in [4.69, 9.17) is 0 Å². The maximum Gasteiger partial charge on any atom is 0.240 e. The molecule has 1 aromatic rings. The van der Waals surface area contributed by atoms with Crippen LogP contribution in [0.15, 0.2) is 30.3 Å². The van der Waals surface area contributed by atoms with Gasteiger partial charge in [0.05, 0.1) is 13.0 Å². The molecule has 2 unspecified atom stereocenters. The minimum atomic E-state index is -0.229. The first-order valence-corrected chi connectivity index (χ1v) is 7.50. The van der Waals surface area contributed by atoms with Crippen molar-refractivity contribution in [2.75, 3.05) is 32.7 Å². The lowest BCUT2D eigenvalue weighted by Gasteiger charge is -2.16. The van der Waals surface area contributed by atoms with Gasteiger partial charge in [0, 0.05) is 13.1 Å². The van der Waals surface area contributed by atoms with Gasteiger partial charge in [0.1, 0.15) is 0 Å². The van der Waals surface area contributed by atoms with Crippen LogP contribution in [0.25, 0.3) is 0 Å². The molecule has 2 saturated heterocycles. The number of hydrogen-bond acceptors (Lipinski definition) is 4. The van der Waals surface area contributed by atoms with Crippen molar-refractivity contribution in [3.63, 3.8) is 0 Å². The number of nitrogens with one attached hydrogen (secondary N) is 2. The van der Waals surface area contributed by atoms with E-state index in [1.807, 2.05) is 30.3 Å². The van der Waals surface area contributed by atoms with Gasteiger partial charge in [-0.25, -0.2) is 0 Å². The van der Waals surface area contributed by atoms with Crippen molar-refractivity contribution in [3.8, 4) is 0 Å². The van der Waals surface area contributed by atoms with Crippen LogP contribution in [0.3, 0.4) is 0 Å². The van der Waals surface area contributed by atoms with Gasteiger partial charge < -0.3 is 5.32 Å². The Balaban J connectivity index is 1.43. The van der Waals surface area contributed by atoms with Gasteiger partial charge in [-0.05, 0) is 30.5 Å². The van der Waals surface area contributed by atoms with E-state index >= 15 is 0 Å². The highest BCUT2D eigenvalue weighted by Gasteiger charge is 2.36. The summed E-state index contributed by atoms with van der Waals surface area (Å²) in [5.74, 6) is 0.909. The number of carbonyl (C=O) groups is 2. The van der Waals surface area contributed by atoms with Crippen LogP contribution in [0.1, 0.15) is 5.56 Å². The van der Waals surface area contributed by atoms with E-state index in [9.17, 15) is 9.59 Å². The summed E-state index contributed by atoms with van der Waals surface area (Å²) in [6.07, 6.45) is 0.252. The van der Waals surface area contributed by atoms with Crippen LogP contribution in [-0.2, 0) is 16.0 Å². The van der Waals surface area contributed by atoms with Crippen molar-refractivity contribution in [1.29, 1.82) is 0 Å². The summed E-state index contributed by atoms with van der Waals surface area (Å²) < 4.78 is 0. The average molecular weight is 287 g/mol. The van der Waals surface area contributed by atoms with Crippen LogP contribution in [-0.4, -0.2) is 49.4 Å². The highest BCUT2D eigenvalue weighted by Crippen LogP contribution is 2.25. The number of nitrogens with zero attached hydrogens (tertiary/aromatic N) is 1. The molecular weight excluding hydrogens is 266 g/mol. The smallest absolute Gasteiger partial charge is 0.240 e. The number of likely N-dealkylation sites (tertiary alicyclic amines) is 1. The van der Waals surface area contributed by atoms with Gasteiger partial charge in [0.2, 0.25) is 11.8 Å². The summed E-state index contributed by atoms with van der Waals surface area (Å²) in [5, 5.41) is 5.86. The summed E-state index contributed by atoms with van der Waals surface area (Å²) in [7, 11) is 0. The molecule has 2 aliphatic heterocycles. The second kappa shape index (κ2) is 6.37. The lowest BCUT2D eigenvalue weighted by atomic mass is 10.0. The predicted octanol–water partition coefficient (Wildman–Crippen LogP) is 0.0231. The number of rotatable bonds is 4.